The zero-order chi connectivity index (χ0) is 16.4. The lowest BCUT2D eigenvalue weighted by Gasteiger charge is -2.36. The number of likely N-dealkylation sites (tertiary alicyclic amines) is 1. The highest BCUT2D eigenvalue weighted by molar-refractivity contribution is 5.81. The molecule has 0 aliphatic carbocycles. The first kappa shape index (κ1) is 15.6. The highest BCUT2D eigenvalue weighted by Gasteiger charge is 2.32. The van der Waals surface area contributed by atoms with Crippen molar-refractivity contribution in [2.45, 2.75) is 39.5 Å². The Labute approximate surface area is 136 Å². The predicted molar refractivity (Wildman–Crippen MR) is 87.6 cm³/mol. The van der Waals surface area contributed by atoms with Gasteiger partial charge in [0.15, 0.2) is 0 Å². The second kappa shape index (κ2) is 6.10. The second-order valence-corrected chi connectivity index (χ2v) is 7.14. The van der Waals surface area contributed by atoms with Gasteiger partial charge in [-0.05, 0) is 18.9 Å². The SMILES string of the molecule is CC(C)(C)C(=O)N1CCCC(c2cncc(-c3ccn[nH]3)n2)C1. The van der Waals surface area contributed by atoms with Crippen LogP contribution in [-0.4, -0.2) is 44.1 Å². The van der Waals surface area contributed by atoms with E-state index < -0.39 is 0 Å². The van der Waals surface area contributed by atoms with Crippen molar-refractivity contribution in [2.24, 2.45) is 5.41 Å². The van der Waals surface area contributed by atoms with Crippen molar-refractivity contribution in [3.63, 3.8) is 0 Å². The van der Waals surface area contributed by atoms with Crippen molar-refractivity contribution >= 4 is 5.91 Å². The number of nitrogens with one attached hydrogen (secondary N) is 1. The van der Waals surface area contributed by atoms with Crippen molar-refractivity contribution in [3.8, 4) is 11.4 Å². The van der Waals surface area contributed by atoms with Crippen molar-refractivity contribution < 1.29 is 4.79 Å². The lowest BCUT2D eigenvalue weighted by atomic mass is 9.90. The zero-order valence-corrected chi connectivity index (χ0v) is 13.9. The molecule has 23 heavy (non-hydrogen) atoms. The fourth-order valence-electron chi connectivity index (χ4n) is 2.98. The number of aromatic amines is 1. The zero-order valence-electron chi connectivity index (χ0n) is 13.9. The van der Waals surface area contributed by atoms with E-state index in [-0.39, 0.29) is 17.2 Å². The standard InChI is InChI=1S/C17H23N5O/c1-17(2,3)16(23)22-8-4-5-12(11-22)14-9-18-10-15(20-14)13-6-7-19-21-13/h6-7,9-10,12H,4-5,8,11H2,1-3H3,(H,19,21). The topological polar surface area (TPSA) is 74.8 Å². The molecule has 1 amide bonds. The molecule has 0 spiro atoms. The number of nitrogens with zero attached hydrogens (tertiary/aromatic N) is 4. The molecule has 0 bridgehead atoms. The van der Waals surface area contributed by atoms with E-state index in [4.69, 9.17) is 4.98 Å². The number of carbonyl (C=O) groups excluding carboxylic acids is 1. The Balaban J connectivity index is 1.79. The van der Waals surface area contributed by atoms with Crippen molar-refractivity contribution in [1.82, 2.24) is 25.1 Å². The van der Waals surface area contributed by atoms with Gasteiger partial charge >= 0.3 is 0 Å². The van der Waals surface area contributed by atoms with Gasteiger partial charge in [0.05, 0.1) is 17.6 Å². The Hall–Kier alpha value is -2.24. The number of carbonyl (C=O) groups is 1. The smallest absolute Gasteiger partial charge is 0.227 e. The molecular formula is C17H23N5O. The molecule has 6 heteroatoms. The van der Waals surface area contributed by atoms with Crippen LogP contribution in [0.5, 0.6) is 0 Å². The van der Waals surface area contributed by atoms with E-state index in [9.17, 15) is 4.79 Å². The molecule has 1 saturated heterocycles. The monoisotopic (exact) mass is 313 g/mol. The van der Waals surface area contributed by atoms with Crippen molar-refractivity contribution in [2.75, 3.05) is 13.1 Å². The highest BCUT2D eigenvalue weighted by atomic mass is 16.2. The molecule has 2 aromatic rings. The molecular weight excluding hydrogens is 290 g/mol. The molecule has 0 radical (unpaired) electrons. The molecule has 122 valence electrons. The summed E-state index contributed by atoms with van der Waals surface area (Å²) in [5, 5.41) is 6.87. The van der Waals surface area contributed by atoms with Gasteiger partial charge < -0.3 is 4.90 Å². The maximum absolute atomic E-state index is 12.5. The summed E-state index contributed by atoms with van der Waals surface area (Å²) < 4.78 is 0. The van der Waals surface area contributed by atoms with E-state index in [1.807, 2.05) is 37.9 Å². The van der Waals surface area contributed by atoms with Crippen molar-refractivity contribution in [3.05, 3.63) is 30.4 Å². The Morgan fingerprint density at radius 2 is 2.17 bits per heavy atom. The van der Waals surface area contributed by atoms with Crippen LogP contribution in [0.1, 0.15) is 45.2 Å². The van der Waals surface area contributed by atoms with Crippen LogP contribution < -0.4 is 0 Å². The molecule has 3 rings (SSSR count). The van der Waals surface area contributed by atoms with Gasteiger partial charge in [-0.1, -0.05) is 20.8 Å². The minimum absolute atomic E-state index is 0.208. The summed E-state index contributed by atoms with van der Waals surface area (Å²) >= 11 is 0. The van der Waals surface area contributed by atoms with Gasteiger partial charge in [-0.2, -0.15) is 5.10 Å². The van der Waals surface area contributed by atoms with Crippen LogP contribution in [0.3, 0.4) is 0 Å². The summed E-state index contributed by atoms with van der Waals surface area (Å²) in [5.41, 5.74) is 2.26. The summed E-state index contributed by atoms with van der Waals surface area (Å²) in [6, 6.07) is 1.88. The fraction of sp³-hybridized carbons (Fsp3) is 0.529. The number of hydrogen-bond donors (Lipinski definition) is 1. The fourth-order valence-corrected chi connectivity index (χ4v) is 2.98. The van der Waals surface area contributed by atoms with Crippen LogP contribution in [0.15, 0.2) is 24.7 Å². The van der Waals surface area contributed by atoms with Gasteiger partial charge in [-0.3, -0.25) is 14.9 Å². The van der Waals surface area contributed by atoms with Crippen LogP contribution in [0.4, 0.5) is 0 Å². The Morgan fingerprint density at radius 3 is 2.87 bits per heavy atom. The van der Waals surface area contributed by atoms with Crippen molar-refractivity contribution in [1.29, 1.82) is 0 Å². The summed E-state index contributed by atoms with van der Waals surface area (Å²) in [6.45, 7) is 7.46. The van der Waals surface area contributed by atoms with E-state index in [2.05, 4.69) is 15.2 Å². The van der Waals surface area contributed by atoms with E-state index >= 15 is 0 Å². The molecule has 1 fully saturated rings. The van der Waals surface area contributed by atoms with E-state index in [1.165, 1.54) is 0 Å². The van der Waals surface area contributed by atoms with Gasteiger partial charge in [0.1, 0.15) is 5.69 Å². The third-order valence-corrected chi connectivity index (χ3v) is 4.20. The lowest BCUT2D eigenvalue weighted by Crippen LogP contribution is -2.44. The number of aromatic nitrogens is 4. The van der Waals surface area contributed by atoms with Crippen LogP contribution in [-0.2, 0) is 4.79 Å². The summed E-state index contributed by atoms with van der Waals surface area (Å²) in [6.07, 6.45) is 7.29. The van der Waals surface area contributed by atoms with Crippen LogP contribution >= 0.6 is 0 Å². The maximum Gasteiger partial charge on any atom is 0.227 e. The second-order valence-electron chi connectivity index (χ2n) is 7.14. The first-order chi connectivity index (χ1) is 10.9. The van der Waals surface area contributed by atoms with Gasteiger partial charge in [0.2, 0.25) is 5.91 Å². The van der Waals surface area contributed by atoms with Gasteiger partial charge in [0.25, 0.3) is 0 Å². The third-order valence-electron chi connectivity index (χ3n) is 4.20. The van der Waals surface area contributed by atoms with Gasteiger partial charge in [0, 0.05) is 36.8 Å². The van der Waals surface area contributed by atoms with E-state index in [0.717, 1.165) is 43.0 Å². The number of amides is 1. The molecule has 1 aliphatic heterocycles. The third kappa shape index (κ3) is 3.41. The maximum atomic E-state index is 12.5. The Morgan fingerprint density at radius 1 is 1.35 bits per heavy atom. The van der Waals surface area contributed by atoms with Gasteiger partial charge in [-0.15, -0.1) is 0 Å². The number of hydrogen-bond acceptors (Lipinski definition) is 4. The van der Waals surface area contributed by atoms with Crippen LogP contribution in [0.2, 0.25) is 0 Å². The first-order valence-corrected chi connectivity index (χ1v) is 8.06. The number of rotatable bonds is 2. The normalized spacial score (nSPS) is 18.9. The molecule has 1 unspecified atom stereocenters. The van der Waals surface area contributed by atoms with Crippen LogP contribution in [0.25, 0.3) is 11.4 Å². The average molecular weight is 313 g/mol. The summed E-state index contributed by atoms with van der Waals surface area (Å²) in [5.74, 6) is 0.449. The molecule has 2 aromatic heterocycles. The molecule has 1 N–H and O–H groups in total. The minimum atomic E-state index is -0.342. The summed E-state index contributed by atoms with van der Waals surface area (Å²) in [4.78, 5) is 23.5. The highest BCUT2D eigenvalue weighted by Crippen LogP contribution is 2.29. The summed E-state index contributed by atoms with van der Waals surface area (Å²) in [7, 11) is 0. The van der Waals surface area contributed by atoms with E-state index in [0.29, 0.717) is 0 Å². The number of H-pyrrole nitrogens is 1. The molecule has 1 atom stereocenters. The van der Waals surface area contributed by atoms with Crippen LogP contribution in [0, 0.1) is 5.41 Å². The number of piperidine rings is 1. The first-order valence-electron chi connectivity index (χ1n) is 8.06. The lowest BCUT2D eigenvalue weighted by molar-refractivity contribution is -0.140. The Bertz CT molecular complexity index is 675. The largest absolute Gasteiger partial charge is 0.342 e. The average Bonchev–Trinajstić information content (AvgIpc) is 3.08. The molecule has 1 aliphatic rings. The Kier molecular flexibility index (Phi) is 4.15. The molecule has 0 saturated carbocycles. The minimum Gasteiger partial charge on any atom is -0.342 e. The quantitative estimate of drug-likeness (QED) is 0.925. The predicted octanol–water partition coefficient (Wildman–Crippen LogP) is 2.62. The van der Waals surface area contributed by atoms with E-state index in [1.54, 1.807) is 12.4 Å². The molecule has 6 nitrogen and oxygen atoms in total. The molecule has 0 aromatic carbocycles. The molecule has 3 heterocycles. The van der Waals surface area contributed by atoms with Gasteiger partial charge in [-0.25, -0.2) is 4.98 Å².